The summed E-state index contributed by atoms with van der Waals surface area (Å²) in [5.41, 5.74) is 0. The van der Waals surface area contributed by atoms with E-state index in [1.807, 2.05) is 12.2 Å². The van der Waals surface area contributed by atoms with Crippen LogP contribution in [0, 0.1) is 0 Å². The second-order valence-corrected chi connectivity index (χ2v) is 9.76. The third kappa shape index (κ3) is 16.6. The number of carbonyl (C=O) groups is 2. The molecule has 1 rings (SSSR count). The average molecular weight is 462 g/mol. The number of nitrogens with one attached hydrogen (secondary N) is 1. The van der Waals surface area contributed by atoms with Gasteiger partial charge < -0.3 is 10.1 Å². The maximum atomic E-state index is 12.9. The molecule has 33 heavy (non-hydrogen) atoms. The van der Waals surface area contributed by atoms with E-state index in [-0.39, 0.29) is 17.9 Å². The quantitative estimate of drug-likeness (QED) is 0.107. The van der Waals surface area contributed by atoms with Crippen molar-refractivity contribution < 1.29 is 14.3 Å². The summed E-state index contributed by atoms with van der Waals surface area (Å²) in [7, 11) is 0. The van der Waals surface area contributed by atoms with Gasteiger partial charge in [-0.3, -0.25) is 9.59 Å². The number of ether oxygens (including phenoxy) is 1. The molecule has 4 nitrogen and oxygen atoms in total. The zero-order valence-electron chi connectivity index (χ0n) is 21.3. The second-order valence-electron chi connectivity index (χ2n) is 9.76. The van der Waals surface area contributed by atoms with Gasteiger partial charge in [-0.1, -0.05) is 82.8 Å². The van der Waals surface area contributed by atoms with Crippen molar-refractivity contribution in [3.8, 4) is 0 Å². The van der Waals surface area contributed by atoms with Crippen molar-refractivity contribution in [2.24, 2.45) is 0 Å². The van der Waals surface area contributed by atoms with E-state index >= 15 is 0 Å². The minimum absolute atomic E-state index is 0.0801. The smallest absolute Gasteiger partial charge is 0.306 e. The SMILES string of the molecule is C=CCCCCCCCCC(=O)OC(CCCCCCCCC=C)C(=O)NC1CCCCC1. The Morgan fingerprint density at radius 2 is 1.27 bits per heavy atom. The molecule has 0 heterocycles. The molecule has 1 unspecified atom stereocenters. The van der Waals surface area contributed by atoms with Gasteiger partial charge in [0.15, 0.2) is 6.10 Å². The van der Waals surface area contributed by atoms with E-state index in [1.54, 1.807) is 0 Å². The Hall–Kier alpha value is -1.58. The molecular weight excluding hydrogens is 410 g/mol. The molecule has 1 atom stereocenters. The van der Waals surface area contributed by atoms with E-state index in [0.29, 0.717) is 12.8 Å². The van der Waals surface area contributed by atoms with Crippen LogP contribution in [0.1, 0.15) is 135 Å². The van der Waals surface area contributed by atoms with E-state index in [4.69, 9.17) is 4.74 Å². The van der Waals surface area contributed by atoms with Crippen molar-refractivity contribution >= 4 is 11.9 Å². The Bertz CT molecular complexity index is 525. The molecule has 0 aromatic heterocycles. The van der Waals surface area contributed by atoms with Crippen molar-refractivity contribution in [2.75, 3.05) is 0 Å². The molecule has 0 spiro atoms. The van der Waals surface area contributed by atoms with Crippen LogP contribution < -0.4 is 5.32 Å². The number of unbranched alkanes of at least 4 members (excludes halogenated alkanes) is 12. The zero-order chi connectivity index (χ0) is 24.0. The van der Waals surface area contributed by atoms with Crippen LogP contribution in [0.25, 0.3) is 0 Å². The molecule has 0 aliphatic heterocycles. The lowest BCUT2D eigenvalue weighted by Gasteiger charge is -2.25. The number of amides is 1. The molecule has 0 bridgehead atoms. The van der Waals surface area contributed by atoms with Crippen molar-refractivity contribution in [1.82, 2.24) is 5.32 Å². The molecular formula is C29H51NO3. The molecule has 1 saturated carbocycles. The van der Waals surface area contributed by atoms with E-state index in [9.17, 15) is 9.59 Å². The predicted octanol–water partition coefficient (Wildman–Crippen LogP) is 7.96. The normalized spacial score (nSPS) is 15.0. The van der Waals surface area contributed by atoms with Gasteiger partial charge in [0.2, 0.25) is 0 Å². The lowest BCUT2D eigenvalue weighted by Crippen LogP contribution is -2.44. The Morgan fingerprint density at radius 1 is 0.758 bits per heavy atom. The highest BCUT2D eigenvalue weighted by Gasteiger charge is 2.25. The van der Waals surface area contributed by atoms with E-state index in [0.717, 1.165) is 57.8 Å². The zero-order valence-corrected chi connectivity index (χ0v) is 21.3. The van der Waals surface area contributed by atoms with Crippen LogP contribution in [0.2, 0.25) is 0 Å². The first-order chi connectivity index (χ1) is 16.2. The number of hydrogen-bond donors (Lipinski definition) is 1. The molecule has 0 radical (unpaired) electrons. The largest absolute Gasteiger partial charge is 0.452 e. The van der Waals surface area contributed by atoms with Crippen LogP contribution in [0.5, 0.6) is 0 Å². The molecule has 1 aliphatic carbocycles. The van der Waals surface area contributed by atoms with E-state index in [2.05, 4.69) is 18.5 Å². The van der Waals surface area contributed by atoms with Crippen LogP contribution in [-0.4, -0.2) is 24.0 Å². The lowest BCUT2D eigenvalue weighted by atomic mass is 9.95. The minimum atomic E-state index is -0.626. The van der Waals surface area contributed by atoms with Crippen LogP contribution in [0.4, 0.5) is 0 Å². The van der Waals surface area contributed by atoms with Gasteiger partial charge in [0.05, 0.1) is 0 Å². The standard InChI is InChI=1S/C29H51NO3/c1-3-5-7-9-11-13-15-20-24-27(29(32)30-26-22-18-17-19-23-26)33-28(31)25-21-16-14-12-10-8-6-4-2/h3-4,26-27H,1-2,5-25H2,(H,30,32). The third-order valence-corrected chi connectivity index (χ3v) is 6.68. The Kier molecular flexibility index (Phi) is 18.7. The van der Waals surface area contributed by atoms with Crippen LogP contribution in [-0.2, 0) is 14.3 Å². The summed E-state index contributed by atoms with van der Waals surface area (Å²) in [4.78, 5) is 25.3. The van der Waals surface area contributed by atoms with Gasteiger partial charge in [-0.25, -0.2) is 0 Å². The highest BCUT2D eigenvalue weighted by molar-refractivity contribution is 5.84. The highest BCUT2D eigenvalue weighted by atomic mass is 16.5. The Morgan fingerprint density at radius 3 is 1.85 bits per heavy atom. The van der Waals surface area contributed by atoms with Gasteiger partial charge in [0.25, 0.3) is 5.91 Å². The lowest BCUT2D eigenvalue weighted by molar-refractivity contribution is -0.156. The van der Waals surface area contributed by atoms with Crippen molar-refractivity contribution in [3.05, 3.63) is 25.3 Å². The summed E-state index contributed by atoms with van der Waals surface area (Å²) >= 11 is 0. The first kappa shape index (κ1) is 29.5. The fourth-order valence-corrected chi connectivity index (χ4v) is 4.59. The summed E-state index contributed by atoms with van der Waals surface area (Å²) in [5, 5.41) is 3.17. The minimum Gasteiger partial charge on any atom is -0.452 e. The van der Waals surface area contributed by atoms with Gasteiger partial charge >= 0.3 is 5.97 Å². The first-order valence-corrected chi connectivity index (χ1v) is 13.9. The van der Waals surface area contributed by atoms with Crippen LogP contribution >= 0.6 is 0 Å². The molecule has 1 fully saturated rings. The summed E-state index contributed by atoms with van der Waals surface area (Å²) < 4.78 is 5.70. The number of hydrogen-bond acceptors (Lipinski definition) is 3. The fourth-order valence-electron chi connectivity index (χ4n) is 4.59. The number of esters is 1. The van der Waals surface area contributed by atoms with Gasteiger partial charge in [-0.2, -0.15) is 0 Å². The van der Waals surface area contributed by atoms with Gasteiger partial charge in [-0.05, 0) is 57.8 Å². The topological polar surface area (TPSA) is 55.4 Å². The predicted molar refractivity (Wildman–Crippen MR) is 139 cm³/mol. The summed E-state index contributed by atoms with van der Waals surface area (Å²) in [6.45, 7) is 7.52. The monoisotopic (exact) mass is 461 g/mol. The number of allylic oxidation sites excluding steroid dienone is 2. The number of rotatable bonds is 21. The van der Waals surface area contributed by atoms with Crippen molar-refractivity contribution in [1.29, 1.82) is 0 Å². The highest BCUT2D eigenvalue weighted by Crippen LogP contribution is 2.19. The summed E-state index contributed by atoms with van der Waals surface area (Å²) in [6, 6.07) is 0.249. The molecule has 190 valence electrons. The van der Waals surface area contributed by atoms with Gasteiger partial charge in [0.1, 0.15) is 0 Å². The van der Waals surface area contributed by atoms with Crippen molar-refractivity contribution in [2.45, 2.75) is 147 Å². The van der Waals surface area contributed by atoms with E-state index in [1.165, 1.54) is 64.2 Å². The second kappa shape index (κ2) is 21.0. The maximum Gasteiger partial charge on any atom is 0.306 e. The third-order valence-electron chi connectivity index (χ3n) is 6.68. The molecule has 0 saturated heterocycles. The summed E-state index contributed by atoms with van der Waals surface area (Å²) in [5.74, 6) is -0.293. The Balaban J connectivity index is 2.32. The summed E-state index contributed by atoms with van der Waals surface area (Å²) in [6.07, 6.45) is 25.8. The molecule has 1 amide bonds. The van der Waals surface area contributed by atoms with Gasteiger partial charge in [0, 0.05) is 12.5 Å². The Labute approximate surface area is 204 Å². The van der Waals surface area contributed by atoms with Crippen LogP contribution in [0.15, 0.2) is 25.3 Å². The fraction of sp³-hybridized carbons (Fsp3) is 0.793. The van der Waals surface area contributed by atoms with Crippen LogP contribution in [0.3, 0.4) is 0 Å². The van der Waals surface area contributed by atoms with E-state index < -0.39 is 6.10 Å². The van der Waals surface area contributed by atoms with Gasteiger partial charge in [-0.15, -0.1) is 13.2 Å². The molecule has 4 heteroatoms. The van der Waals surface area contributed by atoms with Crippen molar-refractivity contribution in [3.63, 3.8) is 0 Å². The molecule has 0 aromatic carbocycles. The maximum absolute atomic E-state index is 12.9. The first-order valence-electron chi connectivity index (χ1n) is 13.9. The molecule has 1 N–H and O–H groups in total. The number of carbonyl (C=O) groups excluding carboxylic acids is 2. The molecule has 1 aliphatic rings. The molecule has 0 aromatic rings. The average Bonchev–Trinajstić information content (AvgIpc) is 2.82.